The van der Waals surface area contributed by atoms with Gasteiger partial charge in [-0.15, -0.1) is 0 Å². The first-order valence-electron chi connectivity index (χ1n) is 21.3. The Morgan fingerprint density at radius 1 is 0.254 bits per heavy atom. The fraction of sp³-hybridized carbons (Fsp3) is 0. The number of rotatable bonds is 6. The van der Waals surface area contributed by atoms with E-state index in [1.54, 1.807) is 0 Å². The van der Waals surface area contributed by atoms with Gasteiger partial charge in [-0.1, -0.05) is 164 Å². The molecule has 4 heterocycles. The summed E-state index contributed by atoms with van der Waals surface area (Å²) in [6.45, 7) is 0. The highest BCUT2D eigenvalue weighted by Crippen LogP contribution is 2.43. The van der Waals surface area contributed by atoms with Gasteiger partial charge in [0.05, 0.1) is 33.1 Å². The summed E-state index contributed by atoms with van der Waals surface area (Å²) in [6.07, 6.45) is 0. The lowest BCUT2D eigenvalue weighted by atomic mass is 10.0. The molecule has 63 heavy (non-hydrogen) atoms. The van der Waals surface area contributed by atoms with E-state index in [2.05, 4.69) is 208 Å². The Morgan fingerprint density at radius 2 is 0.730 bits per heavy atom. The SMILES string of the molecule is c1ccc(-c2cccc(-c3nc(-c4ccccc4)nc(-n4c5ccc(-n6c7ccccc7c7ccccc76)cc5c5ccc6c7ccccc7n(-c7ccccc7)c6c54)n3)c2)cc1. The first kappa shape index (κ1) is 35.2. The van der Waals surface area contributed by atoms with Crippen LogP contribution in [-0.4, -0.2) is 28.7 Å². The number of para-hydroxylation sites is 4. The molecule has 0 aliphatic rings. The average Bonchev–Trinajstić information content (AvgIpc) is 4.00. The second-order valence-electron chi connectivity index (χ2n) is 16.0. The lowest BCUT2D eigenvalue weighted by molar-refractivity contribution is 0.953. The summed E-state index contributed by atoms with van der Waals surface area (Å²) >= 11 is 0. The molecule has 4 aromatic heterocycles. The Bertz CT molecular complexity index is 3850. The summed E-state index contributed by atoms with van der Waals surface area (Å²) < 4.78 is 7.07. The maximum Gasteiger partial charge on any atom is 0.238 e. The molecule has 6 nitrogen and oxygen atoms in total. The molecule has 0 atom stereocenters. The fourth-order valence-electron chi connectivity index (χ4n) is 9.71. The van der Waals surface area contributed by atoms with Gasteiger partial charge in [-0.05, 0) is 65.7 Å². The van der Waals surface area contributed by atoms with Crippen LogP contribution < -0.4 is 0 Å². The second-order valence-corrected chi connectivity index (χ2v) is 16.0. The second kappa shape index (κ2) is 14.0. The van der Waals surface area contributed by atoms with Crippen LogP contribution in [0.15, 0.2) is 218 Å². The summed E-state index contributed by atoms with van der Waals surface area (Å²) in [4.78, 5) is 16.0. The van der Waals surface area contributed by atoms with Gasteiger partial charge in [-0.3, -0.25) is 4.57 Å². The van der Waals surface area contributed by atoms with Crippen molar-refractivity contribution in [2.75, 3.05) is 0 Å². The zero-order valence-electron chi connectivity index (χ0n) is 34.0. The Kier molecular flexibility index (Phi) is 7.80. The minimum absolute atomic E-state index is 0.547. The molecule has 294 valence electrons. The molecule has 0 saturated heterocycles. The van der Waals surface area contributed by atoms with Crippen LogP contribution in [-0.2, 0) is 0 Å². The Labute approximate surface area is 362 Å². The summed E-state index contributed by atoms with van der Waals surface area (Å²) in [5.74, 6) is 1.75. The summed E-state index contributed by atoms with van der Waals surface area (Å²) in [7, 11) is 0. The summed E-state index contributed by atoms with van der Waals surface area (Å²) in [5.41, 5.74) is 12.8. The van der Waals surface area contributed by atoms with Crippen molar-refractivity contribution in [3.05, 3.63) is 218 Å². The fourth-order valence-corrected chi connectivity index (χ4v) is 9.71. The summed E-state index contributed by atoms with van der Waals surface area (Å²) in [5, 5.41) is 7.00. The molecule has 0 fully saturated rings. The van der Waals surface area contributed by atoms with Crippen LogP contribution in [0, 0.1) is 0 Å². The van der Waals surface area contributed by atoms with E-state index < -0.39 is 0 Å². The van der Waals surface area contributed by atoms with Crippen molar-refractivity contribution in [2.24, 2.45) is 0 Å². The lowest BCUT2D eigenvalue weighted by Crippen LogP contribution is -2.07. The van der Waals surface area contributed by atoms with Crippen LogP contribution in [0.5, 0.6) is 0 Å². The molecule has 0 aliphatic carbocycles. The number of hydrogen-bond acceptors (Lipinski definition) is 3. The maximum absolute atomic E-state index is 5.45. The molecule has 9 aromatic carbocycles. The first-order chi connectivity index (χ1) is 31.3. The van der Waals surface area contributed by atoms with E-state index in [0.717, 1.165) is 71.9 Å². The van der Waals surface area contributed by atoms with Crippen molar-refractivity contribution in [1.29, 1.82) is 0 Å². The van der Waals surface area contributed by atoms with E-state index in [-0.39, 0.29) is 0 Å². The van der Waals surface area contributed by atoms with Crippen LogP contribution in [0.4, 0.5) is 0 Å². The van der Waals surface area contributed by atoms with Crippen LogP contribution in [0.25, 0.3) is 117 Å². The largest absolute Gasteiger partial charge is 0.309 e. The maximum atomic E-state index is 5.45. The Balaban J connectivity index is 1.17. The van der Waals surface area contributed by atoms with E-state index in [0.29, 0.717) is 17.6 Å². The van der Waals surface area contributed by atoms with Gasteiger partial charge in [-0.2, -0.15) is 9.97 Å². The smallest absolute Gasteiger partial charge is 0.238 e. The molecule has 0 amide bonds. The molecule has 6 heteroatoms. The van der Waals surface area contributed by atoms with Gasteiger partial charge in [0.2, 0.25) is 5.95 Å². The van der Waals surface area contributed by atoms with Crippen LogP contribution in [0.1, 0.15) is 0 Å². The van der Waals surface area contributed by atoms with Gasteiger partial charge in [0.25, 0.3) is 0 Å². The number of aromatic nitrogens is 6. The third-order valence-corrected chi connectivity index (χ3v) is 12.5. The standard InChI is InChI=1S/C57H36N6/c1-4-17-37(18-5-1)39-21-16-22-40(35-39)56-58-55(38-19-6-2-7-20-38)59-57(60-56)63-52-34-31-42(61-49-28-13-10-25-43(49)44-26-11-14-29-50(44)61)36-48(52)47-33-32-46-45-27-12-15-30-51(45)62(53(46)54(47)63)41-23-8-3-9-24-41/h1-36H. The Hall–Kier alpha value is -8.61. The monoisotopic (exact) mass is 804 g/mol. The zero-order valence-corrected chi connectivity index (χ0v) is 34.0. The molecule has 13 rings (SSSR count). The normalized spacial score (nSPS) is 11.8. The number of benzene rings is 9. The highest BCUT2D eigenvalue weighted by atomic mass is 15.2. The highest BCUT2D eigenvalue weighted by molar-refractivity contribution is 6.24. The van der Waals surface area contributed by atoms with Crippen molar-refractivity contribution in [1.82, 2.24) is 28.7 Å². The number of hydrogen-bond donors (Lipinski definition) is 0. The molecule has 13 aromatic rings. The van der Waals surface area contributed by atoms with Crippen molar-refractivity contribution in [2.45, 2.75) is 0 Å². The van der Waals surface area contributed by atoms with E-state index in [9.17, 15) is 0 Å². The van der Waals surface area contributed by atoms with Gasteiger partial charge in [0.15, 0.2) is 11.6 Å². The summed E-state index contributed by atoms with van der Waals surface area (Å²) in [6, 6.07) is 77.3. The van der Waals surface area contributed by atoms with Crippen LogP contribution >= 0.6 is 0 Å². The minimum Gasteiger partial charge on any atom is -0.309 e. The van der Waals surface area contributed by atoms with Gasteiger partial charge >= 0.3 is 0 Å². The molecule has 0 N–H and O–H groups in total. The van der Waals surface area contributed by atoms with Crippen LogP contribution in [0.2, 0.25) is 0 Å². The van der Waals surface area contributed by atoms with E-state index >= 15 is 0 Å². The predicted molar refractivity (Wildman–Crippen MR) is 259 cm³/mol. The van der Waals surface area contributed by atoms with Gasteiger partial charge < -0.3 is 9.13 Å². The first-order valence-corrected chi connectivity index (χ1v) is 21.3. The third-order valence-electron chi connectivity index (χ3n) is 12.5. The van der Waals surface area contributed by atoms with E-state index in [1.165, 1.54) is 27.2 Å². The molecule has 0 spiro atoms. The topological polar surface area (TPSA) is 53.5 Å². The highest BCUT2D eigenvalue weighted by Gasteiger charge is 2.24. The van der Waals surface area contributed by atoms with Gasteiger partial charge in [0, 0.05) is 54.8 Å². The molecule has 0 unspecified atom stereocenters. The minimum atomic E-state index is 0.547. The quantitative estimate of drug-likeness (QED) is 0.168. The zero-order chi connectivity index (χ0) is 41.4. The van der Waals surface area contributed by atoms with E-state index in [4.69, 9.17) is 15.0 Å². The molecular formula is C57H36N6. The van der Waals surface area contributed by atoms with Crippen molar-refractivity contribution in [3.63, 3.8) is 0 Å². The Morgan fingerprint density at radius 3 is 1.40 bits per heavy atom. The number of nitrogens with zero attached hydrogens (tertiary/aromatic N) is 6. The molecular weight excluding hydrogens is 769 g/mol. The average molecular weight is 805 g/mol. The molecule has 0 radical (unpaired) electrons. The number of fused-ring (bicyclic) bond motifs is 10. The van der Waals surface area contributed by atoms with Gasteiger partial charge in [-0.25, -0.2) is 4.98 Å². The molecule has 0 saturated carbocycles. The predicted octanol–water partition coefficient (Wildman–Crippen LogP) is 14.2. The molecule has 0 bridgehead atoms. The van der Waals surface area contributed by atoms with Crippen molar-refractivity contribution in [3.8, 4) is 51.2 Å². The van der Waals surface area contributed by atoms with Crippen molar-refractivity contribution < 1.29 is 0 Å². The molecule has 0 aliphatic heterocycles. The van der Waals surface area contributed by atoms with Gasteiger partial charge in [0.1, 0.15) is 0 Å². The third kappa shape index (κ3) is 5.48. The van der Waals surface area contributed by atoms with Crippen LogP contribution in [0.3, 0.4) is 0 Å². The van der Waals surface area contributed by atoms with Crippen molar-refractivity contribution >= 4 is 65.4 Å². The lowest BCUT2D eigenvalue weighted by Gasteiger charge is -2.14. The van der Waals surface area contributed by atoms with E-state index in [1.807, 2.05) is 24.3 Å².